The highest BCUT2D eigenvalue weighted by atomic mass is 16.5. The molecular formula is C14H30N2O3. The van der Waals surface area contributed by atoms with E-state index in [1.165, 1.54) is 0 Å². The molecule has 1 amide bonds. The molecule has 0 aliphatic heterocycles. The lowest BCUT2D eigenvalue weighted by molar-refractivity contribution is -0.132. The smallest absolute Gasteiger partial charge is 0.227 e. The third-order valence-electron chi connectivity index (χ3n) is 2.76. The van der Waals surface area contributed by atoms with Crippen LogP contribution in [0.4, 0.5) is 0 Å². The molecule has 0 aliphatic rings. The van der Waals surface area contributed by atoms with Gasteiger partial charge in [0.05, 0.1) is 31.8 Å². The van der Waals surface area contributed by atoms with Crippen LogP contribution in [0.1, 0.15) is 33.6 Å². The Kier molecular flexibility index (Phi) is 10.8. The summed E-state index contributed by atoms with van der Waals surface area (Å²) in [5, 5.41) is 5.94. The molecule has 0 radical (unpaired) electrons. The number of unbranched alkanes of at least 4 members (excludes halogenated alkanes) is 1. The Hall–Kier alpha value is -0.650. The van der Waals surface area contributed by atoms with Gasteiger partial charge in [-0.25, -0.2) is 0 Å². The summed E-state index contributed by atoms with van der Waals surface area (Å²) < 4.78 is 10.8. The summed E-state index contributed by atoms with van der Waals surface area (Å²) in [4.78, 5) is 11.9. The highest BCUT2D eigenvalue weighted by Gasteiger charge is 2.27. The van der Waals surface area contributed by atoms with Crippen molar-refractivity contribution in [3.05, 3.63) is 0 Å². The summed E-state index contributed by atoms with van der Waals surface area (Å²) in [7, 11) is 1.89. The van der Waals surface area contributed by atoms with Crippen molar-refractivity contribution in [3.8, 4) is 0 Å². The standard InChI is InChI=1S/C14H30N2O3/c1-5-6-7-16-13(17)14(2,3)12-19-11-10-18-9-8-15-4/h15H,5-12H2,1-4H3,(H,16,17). The molecule has 0 aromatic rings. The fraction of sp³-hybridized carbons (Fsp3) is 0.929. The van der Waals surface area contributed by atoms with Crippen molar-refractivity contribution in [2.45, 2.75) is 33.6 Å². The highest BCUT2D eigenvalue weighted by Crippen LogP contribution is 2.15. The first kappa shape index (κ1) is 18.4. The Labute approximate surface area is 117 Å². The van der Waals surface area contributed by atoms with Gasteiger partial charge in [0.2, 0.25) is 5.91 Å². The number of rotatable bonds is 12. The molecule has 0 heterocycles. The first-order valence-electron chi connectivity index (χ1n) is 7.13. The maximum Gasteiger partial charge on any atom is 0.227 e. The molecule has 2 N–H and O–H groups in total. The monoisotopic (exact) mass is 274 g/mol. The van der Waals surface area contributed by atoms with Gasteiger partial charge in [-0.3, -0.25) is 4.79 Å². The van der Waals surface area contributed by atoms with Gasteiger partial charge in [0, 0.05) is 13.1 Å². The van der Waals surface area contributed by atoms with Gasteiger partial charge in [-0.2, -0.15) is 0 Å². The van der Waals surface area contributed by atoms with Crippen molar-refractivity contribution in [2.75, 3.05) is 46.6 Å². The molecule has 0 aromatic carbocycles. The third-order valence-corrected chi connectivity index (χ3v) is 2.76. The maximum absolute atomic E-state index is 11.9. The third kappa shape index (κ3) is 9.87. The lowest BCUT2D eigenvalue weighted by atomic mass is 9.93. The fourth-order valence-corrected chi connectivity index (χ4v) is 1.40. The van der Waals surface area contributed by atoms with Crippen LogP contribution in [0.25, 0.3) is 0 Å². The molecule has 0 rings (SSSR count). The zero-order valence-corrected chi connectivity index (χ0v) is 12.9. The molecule has 0 aromatic heterocycles. The van der Waals surface area contributed by atoms with Crippen molar-refractivity contribution < 1.29 is 14.3 Å². The molecule has 0 saturated heterocycles. The van der Waals surface area contributed by atoms with Crippen LogP contribution in [-0.2, 0) is 14.3 Å². The summed E-state index contributed by atoms with van der Waals surface area (Å²) in [5.74, 6) is 0.0528. The van der Waals surface area contributed by atoms with E-state index in [2.05, 4.69) is 17.6 Å². The van der Waals surface area contributed by atoms with Crippen molar-refractivity contribution in [3.63, 3.8) is 0 Å². The number of likely N-dealkylation sites (N-methyl/N-ethyl adjacent to an activating group) is 1. The second kappa shape index (κ2) is 11.2. The van der Waals surface area contributed by atoms with Gasteiger partial charge in [0.1, 0.15) is 0 Å². The van der Waals surface area contributed by atoms with Crippen molar-refractivity contribution in [2.24, 2.45) is 5.41 Å². The zero-order chi connectivity index (χ0) is 14.6. The second-order valence-corrected chi connectivity index (χ2v) is 5.26. The van der Waals surface area contributed by atoms with Gasteiger partial charge in [0.15, 0.2) is 0 Å². The molecule has 0 fully saturated rings. The quantitative estimate of drug-likeness (QED) is 0.525. The average Bonchev–Trinajstić information content (AvgIpc) is 2.37. The summed E-state index contributed by atoms with van der Waals surface area (Å²) in [5.41, 5.74) is -0.487. The predicted octanol–water partition coefficient (Wildman–Crippen LogP) is 1.18. The van der Waals surface area contributed by atoms with Crippen LogP contribution in [0.5, 0.6) is 0 Å². The predicted molar refractivity (Wildman–Crippen MR) is 77.3 cm³/mol. The number of hydrogen-bond donors (Lipinski definition) is 2. The van der Waals surface area contributed by atoms with E-state index in [0.29, 0.717) is 26.4 Å². The molecule has 5 nitrogen and oxygen atoms in total. The van der Waals surface area contributed by atoms with Crippen molar-refractivity contribution in [1.82, 2.24) is 10.6 Å². The van der Waals surface area contributed by atoms with E-state index >= 15 is 0 Å². The van der Waals surface area contributed by atoms with Crippen molar-refractivity contribution in [1.29, 1.82) is 0 Å². The Balaban J connectivity index is 3.62. The number of ether oxygens (including phenoxy) is 2. The number of hydrogen-bond acceptors (Lipinski definition) is 4. The lowest BCUT2D eigenvalue weighted by Gasteiger charge is -2.23. The molecule has 0 aliphatic carbocycles. The Morgan fingerprint density at radius 2 is 1.79 bits per heavy atom. The van der Waals surface area contributed by atoms with E-state index in [1.54, 1.807) is 0 Å². The summed E-state index contributed by atoms with van der Waals surface area (Å²) in [6, 6.07) is 0. The average molecular weight is 274 g/mol. The van der Waals surface area contributed by atoms with Crippen LogP contribution < -0.4 is 10.6 Å². The molecule has 0 spiro atoms. The van der Waals surface area contributed by atoms with E-state index in [4.69, 9.17) is 9.47 Å². The largest absolute Gasteiger partial charge is 0.378 e. The van der Waals surface area contributed by atoms with Crippen LogP contribution in [0.15, 0.2) is 0 Å². The van der Waals surface area contributed by atoms with Gasteiger partial charge in [-0.05, 0) is 27.3 Å². The fourth-order valence-electron chi connectivity index (χ4n) is 1.40. The van der Waals surface area contributed by atoms with Gasteiger partial charge in [0.25, 0.3) is 0 Å². The number of carbonyl (C=O) groups is 1. The Morgan fingerprint density at radius 1 is 1.11 bits per heavy atom. The number of carbonyl (C=O) groups excluding carboxylic acids is 1. The van der Waals surface area contributed by atoms with E-state index in [1.807, 2.05) is 20.9 Å². The van der Waals surface area contributed by atoms with E-state index in [-0.39, 0.29) is 5.91 Å². The Morgan fingerprint density at radius 3 is 2.42 bits per heavy atom. The number of amides is 1. The Bertz CT molecular complexity index is 233. The normalized spacial score (nSPS) is 11.6. The highest BCUT2D eigenvalue weighted by molar-refractivity contribution is 5.81. The van der Waals surface area contributed by atoms with Crippen LogP contribution in [0, 0.1) is 5.41 Å². The number of nitrogens with one attached hydrogen (secondary N) is 2. The first-order chi connectivity index (χ1) is 9.04. The summed E-state index contributed by atoms with van der Waals surface area (Å²) in [6.07, 6.45) is 2.10. The minimum absolute atomic E-state index is 0.0528. The molecule has 5 heteroatoms. The molecule has 0 unspecified atom stereocenters. The second-order valence-electron chi connectivity index (χ2n) is 5.26. The van der Waals surface area contributed by atoms with Gasteiger partial charge in [-0.15, -0.1) is 0 Å². The molecule has 114 valence electrons. The minimum atomic E-state index is -0.487. The first-order valence-corrected chi connectivity index (χ1v) is 7.13. The van der Waals surface area contributed by atoms with Gasteiger partial charge < -0.3 is 20.1 Å². The SMILES string of the molecule is CCCCNC(=O)C(C)(C)COCCOCCNC. The van der Waals surface area contributed by atoms with Crippen molar-refractivity contribution >= 4 is 5.91 Å². The van der Waals surface area contributed by atoms with Gasteiger partial charge in [-0.1, -0.05) is 13.3 Å². The van der Waals surface area contributed by atoms with Crippen LogP contribution in [0.3, 0.4) is 0 Å². The minimum Gasteiger partial charge on any atom is -0.378 e. The molecule has 0 saturated carbocycles. The van der Waals surface area contributed by atoms with Crippen LogP contribution >= 0.6 is 0 Å². The van der Waals surface area contributed by atoms with Crippen LogP contribution in [-0.4, -0.2) is 52.5 Å². The summed E-state index contributed by atoms with van der Waals surface area (Å²) >= 11 is 0. The van der Waals surface area contributed by atoms with E-state index in [9.17, 15) is 4.79 Å². The lowest BCUT2D eigenvalue weighted by Crippen LogP contribution is -2.40. The van der Waals surface area contributed by atoms with E-state index < -0.39 is 5.41 Å². The van der Waals surface area contributed by atoms with Gasteiger partial charge >= 0.3 is 0 Å². The van der Waals surface area contributed by atoms with Crippen LogP contribution in [0.2, 0.25) is 0 Å². The molecular weight excluding hydrogens is 244 g/mol. The van der Waals surface area contributed by atoms with E-state index in [0.717, 1.165) is 25.9 Å². The summed E-state index contributed by atoms with van der Waals surface area (Å²) in [6.45, 7) is 9.67. The molecule has 19 heavy (non-hydrogen) atoms. The topological polar surface area (TPSA) is 59.6 Å². The molecule has 0 bridgehead atoms. The zero-order valence-electron chi connectivity index (χ0n) is 12.9. The maximum atomic E-state index is 11.9. The molecule has 0 atom stereocenters.